The molecule has 0 amide bonds. The van der Waals surface area contributed by atoms with Crippen LogP contribution in [0.3, 0.4) is 0 Å². The molecule has 0 radical (unpaired) electrons. The molecule has 1 aromatic rings. The Hall–Kier alpha value is -1.04. The van der Waals surface area contributed by atoms with Gasteiger partial charge in [0.1, 0.15) is 0 Å². The topological polar surface area (TPSA) is 21.1 Å². The monoisotopic (exact) mass is 303 g/mol. The number of alkyl halides is 3. The first kappa shape index (κ1) is 16.3. The predicted octanol–water partition coefficient (Wildman–Crippen LogP) is 3.92. The minimum Gasteiger partial charge on any atom is -0.290 e. The molecule has 0 N–H and O–H groups in total. The second-order valence-corrected chi connectivity index (χ2v) is 6.52. The smallest absolute Gasteiger partial charge is 0.290 e. The number of rotatable bonds is 3. The minimum atomic E-state index is -4.11. The third-order valence-electron chi connectivity index (χ3n) is 4.91. The molecule has 21 heavy (non-hydrogen) atoms. The fourth-order valence-corrected chi connectivity index (χ4v) is 3.18. The SMILES string of the molecule is CCC(C)(C)N1CC[C@H](C(F)(F)F)C[C@@H]1c1ccnn1C. The van der Waals surface area contributed by atoms with Gasteiger partial charge in [-0.3, -0.25) is 9.58 Å². The molecule has 3 nitrogen and oxygen atoms in total. The molecular formula is C15H24F3N3. The minimum absolute atomic E-state index is 0.118. The fraction of sp³-hybridized carbons (Fsp3) is 0.800. The van der Waals surface area contributed by atoms with E-state index in [9.17, 15) is 13.2 Å². The molecule has 0 aliphatic carbocycles. The molecule has 1 aliphatic heterocycles. The Morgan fingerprint density at radius 3 is 2.48 bits per heavy atom. The van der Waals surface area contributed by atoms with Gasteiger partial charge >= 0.3 is 6.18 Å². The van der Waals surface area contributed by atoms with Gasteiger partial charge in [-0.2, -0.15) is 18.3 Å². The van der Waals surface area contributed by atoms with E-state index in [2.05, 4.69) is 30.8 Å². The zero-order valence-electron chi connectivity index (χ0n) is 13.1. The molecule has 2 rings (SSSR count). The van der Waals surface area contributed by atoms with Gasteiger partial charge in [-0.1, -0.05) is 6.92 Å². The van der Waals surface area contributed by atoms with E-state index in [1.807, 2.05) is 6.07 Å². The molecule has 0 spiro atoms. The first-order chi connectivity index (χ1) is 9.66. The maximum Gasteiger partial charge on any atom is 0.391 e. The highest BCUT2D eigenvalue weighted by Gasteiger charge is 2.47. The van der Waals surface area contributed by atoms with Crippen LogP contribution in [0, 0.1) is 5.92 Å². The number of likely N-dealkylation sites (tertiary alicyclic amines) is 1. The van der Waals surface area contributed by atoms with Gasteiger partial charge < -0.3 is 0 Å². The van der Waals surface area contributed by atoms with E-state index in [0.717, 1.165) is 12.1 Å². The van der Waals surface area contributed by atoms with Crippen LogP contribution in [0.5, 0.6) is 0 Å². The lowest BCUT2D eigenvalue weighted by Gasteiger charge is -2.48. The van der Waals surface area contributed by atoms with Crippen LogP contribution >= 0.6 is 0 Å². The Morgan fingerprint density at radius 1 is 1.33 bits per heavy atom. The van der Waals surface area contributed by atoms with E-state index < -0.39 is 12.1 Å². The molecule has 1 aliphatic rings. The molecule has 1 fully saturated rings. The Labute approximate surface area is 124 Å². The second-order valence-electron chi connectivity index (χ2n) is 6.52. The van der Waals surface area contributed by atoms with Crippen LogP contribution in [0.25, 0.3) is 0 Å². The molecule has 6 heteroatoms. The summed E-state index contributed by atoms with van der Waals surface area (Å²) in [4.78, 5) is 2.21. The quantitative estimate of drug-likeness (QED) is 0.844. The molecule has 0 bridgehead atoms. The van der Waals surface area contributed by atoms with Crippen molar-refractivity contribution in [2.45, 2.75) is 57.8 Å². The standard InChI is InChI=1S/C15H24F3N3/c1-5-14(2,3)21-9-7-11(15(16,17)18)10-13(21)12-6-8-19-20(12)4/h6,8,11,13H,5,7,9-10H2,1-4H3/t11-,13+/m0/s1. The normalized spacial score (nSPS) is 25.3. The van der Waals surface area contributed by atoms with E-state index in [4.69, 9.17) is 0 Å². The number of nitrogens with zero attached hydrogens (tertiary/aromatic N) is 3. The average molecular weight is 303 g/mol. The predicted molar refractivity (Wildman–Crippen MR) is 75.8 cm³/mol. The number of halogens is 3. The molecule has 2 atom stereocenters. The van der Waals surface area contributed by atoms with Gasteiger partial charge in [0, 0.05) is 18.8 Å². The Kier molecular flexibility index (Phi) is 4.38. The summed E-state index contributed by atoms with van der Waals surface area (Å²) in [6.45, 7) is 6.76. The Bertz CT molecular complexity index is 479. The van der Waals surface area contributed by atoms with Gasteiger partial charge in [0.15, 0.2) is 0 Å². The van der Waals surface area contributed by atoms with Crippen LogP contribution in [0.15, 0.2) is 12.3 Å². The molecular weight excluding hydrogens is 279 g/mol. The second kappa shape index (κ2) is 5.63. The van der Waals surface area contributed by atoms with E-state index in [1.165, 1.54) is 0 Å². The molecule has 0 saturated carbocycles. The lowest BCUT2D eigenvalue weighted by atomic mass is 9.84. The number of piperidine rings is 1. The van der Waals surface area contributed by atoms with E-state index in [1.54, 1.807) is 17.9 Å². The lowest BCUT2D eigenvalue weighted by Crippen LogP contribution is -2.51. The Balaban J connectivity index is 2.33. The van der Waals surface area contributed by atoms with Crippen LogP contribution in [-0.2, 0) is 7.05 Å². The Morgan fingerprint density at radius 2 is 2.00 bits per heavy atom. The van der Waals surface area contributed by atoms with Crippen molar-refractivity contribution < 1.29 is 13.2 Å². The number of hydrogen-bond acceptors (Lipinski definition) is 2. The molecule has 120 valence electrons. The van der Waals surface area contributed by atoms with Crippen molar-refractivity contribution in [2.75, 3.05) is 6.54 Å². The highest BCUT2D eigenvalue weighted by atomic mass is 19.4. The van der Waals surface area contributed by atoms with E-state index in [-0.39, 0.29) is 24.4 Å². The molecule has 1 aromatic heterocycles. The van der Waals surface area contributed by atoms with Crippen LogP contribution in [0.4, 0.5) is 13.2 Å². The summed E-state index contributed by atoms with van der Waals surface area (Å²) >= 11 is 0. The van der Waals surface area contributed by atoms with E-state index >= 15 is 0 Å². The first-order valence-corrected chi connectivity index (χ1v) is 7.48. The van der Waals surface area contributed by atoms with Crippen molar-refractivity contribution in [2.24, 2.45) is 13.0 Å². The van der Waals surface area contributed by atoms with Gasteiger partial charge in [-0.25, -0.2) is 0 Å². The summed E-state index contributed by atoms with van der Waals surface area (Å²) in [6.07, 6.45) is -1.26. The van der Waals surface area contributed by atoms with Crippen molar-refractivity contribution in [3.63, 3.8) is 0 Å². The zero-order valence-corrected chi connectivity index (χ0v) is 13.1. The third kappa shape index (κ3) is 3.25. The maximum absolute atomic E-state index is 13.1. The first-order valence-electron chi connectivity index (χ1n) is 7.48. The zero-order chi connectivity index (χ0) is 15.8. The van der Waals surface area contributed by atoms with Crippen LogP contribution in [0.1, 0.15) is 51.8 Å². The molecule has 0 aromatic carbocycles. The third-order valence-corrected chi connectivity index (χ3v) is 4.91. The van der Waals surface area contributed by atoms with Crippen molar-refractivity contribution in [3.8, 4) is 0 Å². The van der Waals surface area contributed by atoms with Crippen molar-refractivity contribution in [3.05, 3.63) is 18.0 Å². The van der Waals surface area contributed by atoms with Gasteiger partial charge in [-0.05, 0) is 45.7 Å². The summed E-state index contributed by atoms with van der Waals surface area (Å²) < 4.78 is 41.1. The van der Waals surface area contributed by atoms with Crippen molar-refractivity contribution >= 4 is 0 Å². The average Bonchev–Trinajstić information content (AvgIpc) is 2.83. The van der Waals surface area contributed by atoms with Crippen LogP contribution < -0.4 is 0 Å². The summed E-state index contributed by atoms with van der Waals surface area (Å²) in [5, 5.41) is 4.13. The highest BCUT2D eigenvalue weighted by Crippen LogP contribution is 2.44. The lowest BCUT2D eigenvalue weighted by molar-refractivity contribution is -0.194. The van der Waals surface area contributed by atoms with Gasteiger partial charge in [-0.15, -0.1) is 0 Å². The van der Waals surface area contributed by atoms with Gasteiger partial charge in [0.25, 0.3) is 0 Å². The van der Waals surface area contributed by atoms with Crippen LogP contribution in [-0.4, -0.2) is 32.9 Å². The highest BCUT2D eigenvalue weighted by molar-refractivity contribution is 5.11. The molecule has 1 saturated heterocycles. The molecule has 0 unspecified atom stereocenters. The fourth-order valence-electron chi connectivity index (χ4n) is 3.18. The summed E-state index contributed by atoms with van der Waals surface area (Å²) in [7, 11) is 1.80. The van der Waals surface area contributed by atoms with Crippen molar-refractivity contribution in [1.29, 1.82) is 0 Å². The number of aromatic nitrogens is 2. The summed E-state index contributed by atoms with van der Waals surface area (Å²) in [5.41, 5.74) is 0.747. The van der Waals surface area contributed by atoms with Gasteiger partial charge in [0.05, 0.1) is 17.7 Å². The van der Waals surface area contributed by atoms with Gasteiger partial charge in [0.2, 0.25) is 0 Å². The molecule has 2 heterocycles. The maximum atomic E-state index is 13.1. The largest absolute Gasteiger partial charge is 0.391 e. The summed E-state index contributed by atoms with van der Waals surface area (Å²) in [5.74, 6) is -1.22. The van der Waals surface area contributed by atoms with Crippen molar-refractivity contribution in [1.82, 2.24) is 14.7 Å². The number of hydrogen-bond donors (Lipinski definition) is 0. The van der Waals surface area contributed by atoms with E-state index in [0.29, 0.717) is 6.54 Å². The number of aryl methyl sites for hydroxylation is 1. The summed E-state index contributed by atoms with van der Waals surface area (Å²) in [6, 6.07) is 1.61. The van der Waals surface area contributed by atoms with Crippen LogP contribution in [0.2, 0.25) is 0 Å².